The van der Waals surface area contributed by atoms with Crippen molar-refractivity contribution in [3.05, 3.63) is 18.0 Å². The largest absolute Gasteiger partial charge is 0.316 e. The van der Waals surface area contributed by atoms with Crippen molar-refractivity contribution in [1.29, 1.82) is 0 Å². The zero-order valence-corrected chi connectivity index (χ0v) is 10.1. The lowest BCUT2D eigenvalue weighted by molar-refractivity contribution is 0.602. The molecule has 0 aliphatic heterocycles. The van der Waals surface area contributed by atoms with Gasteiger partial charge in [0, 0.05) is 37.8 Å². The number of hydrogen-bond donors (Lipinski definition) is 1. The monoisotopic (exact) mass is 229 g/mol. The number of rotatable bonds is 8. The topological polar surface area (TPSA) is 29.9 Å². The van der Waals surface area contributed by atoms with E-state index in [1.54, 1.807) is 0 Å². The summed E-state index contributed by atoms with van der Waals surface area (Å²) in [5.41, 5.74) is 1.28. The highest BCUT2D eigenvalue weighted by Gasteiger charge is 1.96. The highest BCUT2D eigenvalue weighted by Crippen LogP contribution is 1.97. The molecule has 1 N–H and O–H groups in total. The maximum Gasteiger partial charge on any atom is 0.0492 e. The molecule has 0 saturated heterocycles. The Balaban J connectivity index is 1.96. The number of alkyl halides is 1. The summed E-state index contributed by atoms with van der Waals surface area (Å²) >= 11 is 5.60. The van der Waals surface area contributed by atoms with Crippen LogP contribution in [0.25, 0.3) is 0 Å². The summed E-state index contributed by atoms with van der Waals surface area (Å²) in [5, 5.41) is 7.56. The Labute approximate surface area is 96.8 Å². The van der Waals surface area contributed by atoms with Crippen molar-refractivity contribution < 1.29 is 0 Å². The minimum Gasteiger partial charge on any atom is -0.316 e. The summed E-state index contributed by atoms with van der Waals surface area (Å²) in [4.78, 5) is 0. The van der Waals surface area contributed by atoms with Crippen LogP contribution in [-0.2, 0) is 13.5 Å². The molecule has 0 bridgehead atoms. The van der Waals surface area contributed by atoms with Gasteiger partial charge < -0.3 is 5.32 Å². The molecule has 1 heterocycles. The normalized spacial score (nSPS) is 10.8. The third-order valence-electron chi connectivity index (χ3n) is 2.47. The lowest BCUT2D eigenvalue weighted by Crippen LogP contribution is -2.19. The average molecular weight is 230 g/mol. The molecule has 0 radical (unpaired) electrons. The maximum absolute atomic E-state index is 5.60. The third kappa shape index (κ3) is 5.19. The van der Waals surface area contributed by atoms with Gasteiger partial charge in [0.2, 0.25) is 0 Å². The van der Waals surface area contributed by atoms with Crippen molar-refractivity contribution in [2.75, 3.05) is 19.0 Å². The van der Waals surface area contributed by atoms with E-state index in [-0.39, 0.29) is 0 Å². The predicted octanol–water partition coefficient (Wildman–Crippen LogP) is 1.96. The Morgan fingerprint density at radius 3 is 2.87 bits per heavy atom. The Hall–Kier alpha value is -0.540. The first-order chi connectivity index (χ1) is 7.34. The van der Waals surface area contributed by atoms with Crippen LogP contribution >= 0.6 is 11.6 Å². The molecule has 3 nitrogen and oxygen atoms in total. The van der Waals surface area contributed by atoms with Gasteiger partial charge in [-0.05, 0) is 25.5 Å². The van der Waals surface area contributed by atoms with Gasteiger partial charge >= 0.3 is 0 Å². The van der Waals surface area contributed by atoms with Gasteiger partial charge in [-0.1, -0.05) is 6.42 Å². The van der Waals surface area contributed by atoms with Gasteiger partial charge in [0.25, 0.3) is 0 Å². The number of nitrogens with zero attached hydrogens (tertiary/aromatic N) is 2. The number of unbranched alkanes of at least 4 members (excludes halogenated alkanes) is 2. The van der Waals surface area contributed by atoms with E-state index in [0.717, 1.165) is 31.8 Å². The van der Waals surface area contributed by atoms with E-state index in [1.807, 2.05) is 17.9 Å². The zero-order chi connectivity index (χ0) is 10.9. The van der Waals surface area contributed by atoms with Gasteiger partial charge in [-0.3, -0.25) is 4.68 Å². The third-order valence-corrected chi connectivity index (χ3v) is 2.73. The molecular weight excluding hydrogens is 210 g/mol. The molecule has 1 aromatic rings. The van der Waals surface area contributed by atoms with Crippen LogP contribution in [0.2, 0.25) is 0 Å². The number of aromatic nitrogens is 2. The van der Waals surface area contributed by atoms with Crippen LogP contribution in [0.3, 0.4) is 0 Å². The lowest BCUT2D eigenvalue weighted by Gasteiger charge is -2.04. The molecule has 0 aliphatic carbocycles. The standard InChI is InChI=1S/C11H20ClN3/c1-15-11(6-10-14-15)5-9-13-8-4-2-3-7-12/h6,10,13H,2-5,7-9H2,1H3. The van der Waals surface area contributed by atoms with Gasteiger partial charge in [-0.25, -0.2) is 0 Å². The predicted molar refractivity (Wildman–Crippen MR) is 64.4 cm³/mol. The number of nitrogens with one attached hydrogen (secondary N) is 1. The van der Waals surface area contributed by atoms with Gasteiger partial charge in [0.05, 0.1) is 0 Å². The minimum absolute atomic E-state index is 0.787. The second-order valence-corrected chi connectivity index (χ2v) is 4.07. The highest BCUT2D eigenvalue weighted by atomic mass is 35.5. The van der Waals surface area contributed by atoms with Crippen molar-refractivity contribution in [2.45, 2.75) is 25.7 Å². The molecule has 0 spiro atoms. The van der Waals surface area contributed by atoms with Crippen molar-refractivity contribution in [3.8, 4) is 0 Å². The number of halogens is 1. The van der Waals surface area contributed by atoms with E-state index >= 15 is 0 Å². The van der Waals surface area contributed by atoms with Gasteiger partial charge in [-0.2, -0.15) is 5.10 Å². The molecule has 0 aliphatic rings. The summed E-state index contributed by atoms with van der Waals surface area (Å²) in [6, 6.07) is 2.06. The number of aryl methyl sites for hydroxylation is 1. The summed E-state index contributed by atoms with van der Waals surface area (Å²) in [6.07, 6.45) is 6.47. The van der Waals surface area contributed by atoms with Crippen LogP contribution in [0.4, 0.5) is 0 Å². The Kier molecular flexibility index (Phi) is 6.44. The Bertz CT molecular complexity index is 260. The second kappa shape index (κ2) is 7.71. The smallest absolute Gasteiger partial charge is 0.0492 e. The van der Waals surface area contributed by atoms with Crippen LogP contribution < -0.4 is 5.32 Å². The fraction of sp³-hybridized carbons (Fsp3) is 0.727. The van der Waals surface area contributed by atoms with E-state index in [2.05, 4.69) is 16.5 Å². The van der Waals surface area contributed by atoms with Gasteiger partial charge in [0.15, 0.2) is 0 Å². The van der Waals surface area contributed by atoms with E-state index < -0.39 is 0 Å². The first-order valence-corrected chi connectivity index (χ1v) is 6.11. The quantitative estimate of drug-likeness (QED) is 0.546. The van der Waals surface area contributed by atoms with E-state index in [9.17, 15) is 0 Å². The SMILES string of the molecule is Cn1nccc1CCNCCCCCCl. The summed E-state index contributed by atoms with van der Waals surface area (Å²) in [7, 11) is 1.98. The molecule has 1 aromatic heterocycles. The molecule has 0 amide bonds. The molecule has 15 heavy (non-hydrogen) atoms. The molecule has 86 valence electrons. The van der Waals surface area contributed by atoms with Crippen LogP contribution in [0.5, 0.6) is 0 Å². The van der Waals surface area contributed by atoms with Crippen molar-refractivity contribution in [2.24, 2.45) is 7.05 Å². The molecule has 0 unspecified atom stereocenters. The van der Waals surface area contributed by atoms with Crippen LogP contribution in [-0.4, -0.2) is 28.8 Å². The average Bonchev–Trinajstić information content (AvgIpc) is 2.63. The molecule has 0 atom stereocenters. The minimum atomic E-state index is 0.787. The molecule has 0 saturated carbocycles. The molecular formula is C11H20ClN3. The van der Waals surface area contributed by atoms with Crippen molar-refractivity contribution in [3.63, 3.8) is 0 Å². The molecule has 0 fully saturated rings. The Morgan fingerprint density at radius 1 is 1.33 bits per heavy atom. The molecule has 1 rings (SSSR count). The molecule has 4 heteroatoms. The summed E-state index contributed by atoms with van der Waals surface area (Å²) < 4.78 is 1.93. The maximum atomic E-state index is 5.60. The highest BCUT2D eigenvalue weighted by molar-refractivity contribution is 6.17. The van der Waals surface area contributed by atoms with E-state index in [4.69, 9.17) is 11.6 Å². The van der Waals surface area contributed by atoms with E-state index in [1.165, 1.54) is 18.5 Å². The van der Waals surface area contributed by atoms with Crippen molar-refractivity contribution >= 4 is 11.6 Å². The summed E-state index contributed by atoms with van der Waals surface area (Å²) in [5.74, 6) is 0.787. The zero-order valence-electron chi connectivity index (χ0n) is 9.38. The van der Waals surface area contributed by atoms with Crippen LogP contribution in [0.1, 0.15) is 25.0 Å². The second-order valence-electron chi connectivity index (χ2n) is 3.70. The lowest BCUT2D eigenvalue weighted by atomic mass is 10.2. The van der Waals surface area contributed by atoms with E-state index in [0.29, 0.717) is 0 Å². The summed E-state index contributed by atoms with van der Waals surface area (Å²) in [6.45, 7) is 2.12. The van der Waals surface area contributed by atoms with Crippen LogP contribution in [0.15, 0.2) is 12.3 Å². The number of hydrogen-bond acceptors (Lipinski definition) is 2. The Morgan fingerprint density at radius 2 is 2.20 bits per heavy atom. The molecule has 0 aromatic carbocycles. The van der Waals surface area contributed by atoms with Gasteiger partial charge in [0.1, 0.15) is 0 Å². The fourth-order valence-electron chi connectivity index (χ4n) is 1.51. The first-order valence-electron chi connectivity index (χ1n) is 5.58. The van der Waals surface area contributed by atoms with Crippen LogP contribution in [0, 0.1) is 0 Å². The first kappa shape index (κ1) is 12.5. The van der Waals surface area contributed by atoms with Gasteiger partial charge in [-0.15, -0.1) is 11.6 Å². The van der Waals surface area contributed by atoms with Crippen molar-refractivity contribution in [1.82, 2.24) is 15.1 Å². The fourth-order valence-corrected chi connectivity index (χ4v) is 1.70.